The van der Waals surface area contributed by atoms with Crippen molar-refractivity contribution in [1.82, 2.24) is 19.4 Å². The van der Waals surface area contributed by atoms with Crippen LogP contribution < -0.4 is 4.72 Å². The van der Waals surface area contributed by atoms with Gasteiger partial charge in [0.15, 0.2) is 0 Å². The number of amides is 1. The summed E-state index contributed by atoms with van der Waals surface area (Å²) in [6.45, 7) is 2.46. The summed E-state index contributed by atoms with van der Waals surface area (Å²) >= 11 is 0. The van der Waals surface area contributed by atoms with Crippen molar-refractivity contribution in [2.45, 2.75) is 25.5 Å². The molecule has 1 amide bonds. The van der Waals surface area contributed by atoms with Crippen molar-refractivity contribution >= 4 is 15.9 Å². The molecule has 1 saturated heterocycles. The summed E-state index contributed by atoms with van der Waals surface area (Å²) < 4.78 is 31.9. The second-order valence-corrected chi connectivity index (χ2v) is 7.16. The number of hydrogen-bond acceptors (Lipinski definition) is 5. The van der Waals surface area contributed by atoms with Gasteiger partial charge in [-0.05, 0) is 12.5 Å². The predicted octanol–water partition coefficient (Wildman–Crippen LogP) is -0.560. The molecule has 9 heteroatoms. The van der Waals surface area contributed by atoms with E-state index in [1.165, 1.54) is 0 Å². The summed E-state index contributed by atoms with van der Waals surface area (Å²) in [7, 11) is -3.26. The van der Waals surface area contributed by atoms with Gasteiger partial charge in [-0.25, -0.2) is 13.1 Å². The molecule has 0 bridgehead atoms. The summed E-state index contributed by atoms with van der Waals surface area (Å²) in [6, 6.07) is 1.84. The number of rotatable bonds is 6. The minimum atomic E-state index is -3.26. The van der Waals surface area contributed by atoms with Crippen molar-refractivity contribution in [2.75, 3.05) is 32.5 Å². The van der Waals surface area contributed by atoms with Crippen LogP contribution in [0.3, 0.4) is 0 Å². The van der Waals surface area contributed by atoms with Crippen LogP contribution in [0, 0.1) is 0 Å². The van der Waals surface area contributed by atoms with Gasteiger partial charge in [-0.2, -0.15) is 5.10 Å². The molecule has 1 atom stereocenters. The number of nitrogens with zero attached hydrogens (tertiary/aromatic N) is 3. The van der Waals surface area contributed by atoms with Crippen molar-refractivity contribution in [3.05, 3.63) is 18.5 Å². The Hall–Kier alpha value is -1.45. The number of sulfonamides is 1. The van der Waals surface area contributed by atoms with Crippen LogP contribution in [0.15, 0.2) is 18.5 Å². The lowest BCUT2D eigenvalue weighted by Crippen LogP contribution is -2.40. The molecule has 22 heavy (non-hydrogen) atoms. The first kappa shape index (κ1) is 16.9. The van der Waals surface area contributed by atoms with Crippen LogP contribution in [0.5, 0.6) is 0 Å². The third-order valence-electron chi connectivity index (χ3n) is 3.36. The Kier molecular flexibility index (Phi) is 5.92. The molecule has 1 aliphatic rings. The molecule has 124 valence electrons. The largest absolute Gasteiger partial charge is 0.374 e. The first-order chi connectivity index (χ1) is 10.4. The summed E-state index contributed by atoms with van der Waals surface area (Å²) in [5.41, 5.74) is 0. The number of hydrogen-bond donors (Lipinski definition) is 1. The fraction of sp³-hybridized carbons (Fsp3) is 0.692. The number of carbonyl (C=O) groups is 1. The molecule has 1 aromatic heterocycles. The van der Waals surface area contributed by atoms with Gasteiger partial charge in [0.25, 0.3) is 0 Å². The van der Waals surface area contributed by atoms with Crippen LogP contribution in [-0.2, 0) is 26.1 Å². The van der Waals surface area contributed by atoms with E-state index in [9.17, 15) is 13.2 Å². The van der Waals surface area contributed by atoms with Crippen molar-refractivity contribution in [3.63, 3.8) is 0 Å². The second kappa shape index (κ2) is 7.70. The number of ether oxygens (including phenoxy) is 1. The Morgan fingerprint density at radius 2 is 2.32 bits per heavy atom. The molecule has 1 aromatic rings. The highest BCUT2D eigenvalue weighted by Crippen LogP contribution is 2.09. The van der Waals surface area contributed by atoms with E-state index in [4.69, 9.17) is 4.74 Å². The minimum Gasteiger partial charge on any atom is -0.374 e. The van der Waals surface area contributed by atoms with E-state index < -0.39 is 10.0 Å². The molecule has 1 aliphatic heterocycles. The quantitative estimate of drug-likeness (QED) is 0.755. The van der Waals surface area contributed by atoms with Crippen molar-refractivity contribution in [3.8, 4) is 0 Å². The van der Waals surface area contributed by atoms with Crippen LogP contribution in [0.25, 0.3) is 0 Å². The highest BCUT2D eigenvalue weighted by molar-refractivity contribution is 7.88. The molecule has 0 saturated carbocycles. The average Bonchev–Trinajstić information content (AvgIpc) is 2.81. The molecule has 2 rings (SSSR count). The van der Waals surface area contributed by atoms with E-state index in [1.54, 1.807) is 15.8 Å². The molecule has 0 aromatic carbocycles. The monoisotopic (exact) mass is 330 g/mol. The maximum atomic E-state index is 12.2. The Balaban J connectivity index is 1.84. The Morgan fingerprint density at radius 3 is 3.00 bits per heavy atom. The zero-order chi connectivity index (χ0) is 16.0. The van der Waals surface area contributed by atoms with Gasteiger partial charge in [0, 0.05) is 45.1 Å². The molecule has 0 radical (unpaired) electrons. The third-order valence-corrected chi connectivity index (χ3v) is 4.08. The van der Waals surface area contributed by atoms with E-state index in [-0.39, 0.29) is 25.0 Å². The zero-order valence-electron chi connectivity index (χ0n) is 12.6. The highest BCUT2D eigenvalue weighted by atomic mass is 32.2. The van der Waals surface area contributed by atoms with Gasteiger partial charge in [-0.1, -0.05) is 0 Å². The molecule has 8 nitrogen and oxygen atoms in total. The van der Waals surface area contributed by atoms with Gasteiger partial charge in [0.2, 0.25) is 15.9 Å². The standard InChI is InChI=1S/C13H22N4O4S/c1-22(19,20)15-6-4-13(18)16-7-3-9-21-12(10-16)11-17-8-2-5-14-17/h2,5,8,12,15H,3-4,6-7,9-11H2,1H3. The summed E-state index contributed by atoms with van der Waals surface area (Å²) in [5, 5.41) is 4.14. The fourth-order valence-corrected chi connectivity index (χ4v) is 2.82. The normalized spacial score (nSPS) is 19.9. The van der Waals surface area contributed by atoms with Crippen LogP contribution in [0.4, 0.5) is 0 Å². The molecule has 2 heterocycles. The van der Waals surface area contributed by atoms with E-state index in [0.717, 1.165) is 12.7 Å². The van der Waals surface area contributed by atoms with Crippen LogP contribution in [-0.4, -0.2) is 67.6 Å². The fourth-order valence-electron chi connectivity index (χ4n) is 2.35. The maximum Gasteiger partial charge on any atom is 0.223 e. The first-order valence-electron chi connectivity index (χ1n) is 7.25. The molecule has 1 N–H and O–H groups in total. The van der Waals surface area contributed by atoms with Crippen molar-refractivity contribution in [1.29, 1.82) is 0 Å². The zero-order valence-corrected chi connectivity index (χ0v) is 13.5. The number of aromatic nitrogens is 2. The molecular formula is C13H22N4O4S. The van der Waals surface area contributed by atoms with E-state index in [0.29, 0.717) is 26.2 Å². The summed E-state index contributed by atoms with van der Waals surface area (Å²) in [6.07, 6.45) is 5.47. The smallest absolute Gasteiger partial charge is 0.223 e. The summed E-state index contributed by atoms with van der Waals surface area (Å²) in [5.74, 6) is -0.0629. The lowest BCUT2D eigenvalue weighted by atomic mass is 10.3. The molecule has 1 fully saturated rings. The van der Waals surface area contributed by atoms with Crippen LogP contribution >= 0.6 is 0 Å². The van der Waals surface area contributed by atoms with Crippen LogP contribution in [0.2, 0.25) is 0 Å². The third kappa shape index (κ3) is 5.74. The molecular weight excluding hydrogens is 308 g/mol. The Labute approximate surface area is 130 Å². The van der Waals surface area contributed by atoms with E-state index >= 15 is 0 Å². The van der Waals surface area contributed by atoms with Gasteiger partial charge < -0.3 is 9.64 Å². The summed E-state index contributed by atoms with van der Waals surface area (Å²) in [4.78, 5) is 13.9. The Morgan fingerprint density at radius 1 is 1.50 bits per heavy atom. The first-order valence-corrected chi connectivity index (χ1v) is 9.14. The molecule has 0 aliphatic carbocycles. The van der Waals surface area contributed by atoms with Crippen molar-refractivity contribution < 1.29 is 17.9 Å². The molecule has 1 unspecified atom stereocenters. The second-order valence-electron chi connectivity index (χ2n) is 5.33. The van der Waals surface area contributed by atoms with Gasteiger partial charge in [0.05, 0.1) is 18.9 Å². The van der Waals surface area contributed by atoms with Gasteiger partial charge in [-0.3, -0.25) is 9.48 Å². The molecule has 0 spiro atoms. The van der Waals surface area contributed by atoms with Gasteiger partial charge in [-0.15, -0.1) is 0 Å². The van der Waals surface area contributed by atoms with E-state index in [2.05, 4.69) is 9.82 Å². The lowest BCUT2D eigenvalue weighted by molar-refractivity contribution is -0.131. The topological polar surface area (TPSA) is 93.5 Å². The number of nitrogens with one attached hydrogen (secondary N) is 1. The Bertz CT molecular complexity index is 573. The number of carbonyl (C=O) groups excluding carboxylic acids is 1. The van der Waals surface area contributed by atoms with Crippen molar-refractivity contribution in [2.24, 2.45) is 0 Å². The SMILES string of the molecule is CS(=O)(=O)NCCC(=O)N1CCCOC(Cn2cccn2)C1. The highest BCUT2D eigenvalue weighted by Gasteiger charge is 2.22. The van der Waals surface area contributed by atoms with E-state index in [1.807, 2.05) is 12.3 Å². The lowest BCUT2D eigenvalue weighted by Gasteiger charge is -2.24. The predicted molar refractivity (Wildman–Crippen MR) is 80.6 cm³/mol. The van der Waals surface area contributed by atoms with Crippen LogP contribution in [0.1, 0.15) is 12.8 Å². The minimum absolute atomic E-state index is 0.0629. The van der Waals surface area contributed by atoms with Gasteiger partial charge in [0.1, 0.15) is 0 Å². The van der Waals surface area contributed by atoms with Gasteiger partial charge >= 0.3 is 0 Å². The average molecular weight is 330 g/mol. The maximum absolute atomic E-state index is 12.2.